The van der Waals surface area contributed by atoms with Gasteiger partial charge in [-0.3, -0.25) is 23.7 Å². The maximum atomic E-state index is 12.2. The SMILES string of the molecule is O=C(Cc1cn2ccsc2n1)OCCN1C(=O)c2ccccc2C1=O. The number of ether oxygens (including phenoxy) is 1. The molecular formula is C17H13N3O4S. The van der Waals surface area contributed by atoms with Crippen molar-refractivity contribution in [3.63, 3.8) is 0 Å². The molecule has 126 valence electrons. The van der Waals surface area contributed by atoms with E-state index in [1.807, 2.05) is 16.0 Å². The lowest BCUT2D eigenvalue weighted by molar-refractivity contribution is -0.143. The molecule has 0 saturated carbocycles. The number of carbonyl (C=O) groups is 3. The molecule has 1 aliphatic heterocycles. The van der Waals surface area contributed by atoms with Gasteiger partial charge in [-0.2, -0.15) is 0 Å². The van der Waals surface area contributed by atoms with Crippen LogP contribution in [-0.4, -0.2) is 45.2 Å². The first-order valence-electron chi connectivity index (χ1n) is 7.65. The van der Waals surface area contributed by atoms with Crippen LogP contribution in [0, 0.1) is 0 Å². The highest BCUT2D eigenvalue weighted by atomic mass is 32.1. The molecule has 25 heavy (non-hydrogen) atoms. The Bertz CT molecular complexity index is 927. The van der Waals surface area contributed by atoms with E-state index in [9.17, 15) is 14.4 Å². The third-order valence-electron chi connectivity index (χ3n) is 3.92. The summed E-state index contributed by atoms with van der Waals surface area (Å²) in [5.74, 6) is -1.15. The van der Waals surface area contributed by atoms with Gasteiger partial charge in [-0.15, -0.1) is 11.3 Å². The zero-order valence-corrected chi connectivity index (χ0v) is 13.9. The molecule has 1 aromatic carbocycles. The van der Waals surface area contributed by atoms with Crippen molar-refractivity contribution in [2.24, 2.45) is 0 Å². The van der Waals surface area contributed by atoms with Crippen LogP contribution in [0.4, 0.5) is 0 Å². The lowest BCUT2D eigenvalue weighted by Gasteiger charge is -2.13. The van der Waals surface area contributed by atoms with E-state index in [0.717, 1.165) is 9.86 Å². The van der Waals surface area contributed by atoms with Crippen molar-refractivity contribution in [1.29, 1.82) is 0 Å². The summed E-state index contributed by atoms with van der Waals surface area (Å²) >= 11 is 1.48. The molecule has 1 aliphatic rings. The van der Waals surface area contributed by atoms with Gasteiger partial charge in [0.2, 0.25) is 0 Å². The first kappa shape index (κ1) is 15.5. The highest BCUT2D eigenvalue weighted by Gasteiger charge is 2.34. The summed E-state index contributed by atoms with van der Waals surface area (Å²) in [6.07, 6.45) is 3.69. The second-order valence-corrected chi connectivity index (χ2v) is 6.40. The van der Waals surface area contributed by atoms with E-state index in [1.54, 1.807) is 30.5 Å². The van der Waals surface area contributed by atoms with Gasteiger partial charge < -0.3 is 4.74 Å². The Morgan fingerprint density at radius 3 is 2.56 bits per heavy atom. The molecule has 2 aromatic heterocycles. The summed E-state index contributed by atoms with van der Waals surface area (Å²) in [5, 5.41) is 1.91. The number of nitrogens with zero attached hydrogens (tertiary/aromatic N) is 3. The Morgan fingerprint density at radius 2 is 1.88 bits per heavy atom. The predicted octanol–water partition coefficient (Wildman–Crippen LogP) is 1.78. The van der Waals surface area contributed by atoms with Crippen molar-refractivity contribution in [2.45, 2.75) is 6.42 Å². The molecule has 0 N–H and O–H groups in total. The molecular weight excluding hydrogens is 342 g/mol. The van der Waals surface area contributed by atoms with E-state index >= 15 is 0 Å². The fourth-order valence-electron chi connectivity index (χ4n) is 2.75. The maximum absolute atomic E-state index is 12.2. The Kier molecular flexibility index (Phi) is 3.81. The zero-order valence-electron chi connectivity index (χ0n) is 13.0. The zero-order chi connectivity index (χ0) is 17.4. The topological polar surface area (TPSA) is 81.0 Å². The monoisotopic (exact) mass is 355 g/mol. The minimum absolute atomic E-state index is 0.0352. The van der Waals surface area contributed by atoms with Gasteiger partial charge in [0.1, 0.15) is 6.61 Å². The number of esters is 1. The lowest BCUT2D eigenvalue weighted by atomic mass is 10.1. The first-order valence-corrected chi connectivity index (χ1v) is 8.53. The number of fused-ring (bicyclic) bond motifs is 2. The minimum Gasteiger partial charge on any atom is -0.463 e. The number of benzene rings is 1. The summed E-state index contributed by atoms with van der Waals surface area (Å²) in [7, 11) is 0. The Labute approximate surface area is 146 Å². The van der Waals surface area contributed by atoms with Crippen molar-refractivity contribution < 1.29 is 19.1 Å². The van der Waals surface area contributed by atoms with Crippen LogP contribution < -0.4 is 0 Å². The highest BCUT2D eigenvalue weighted by molar-refractivity contribution is 7.15. The van der Waals surface area contributed by atoms with E-state index in [4.69, 9.17) is 4.74 Å². The van der Waals surface area contributed by atoms with Gasteiger partial charge in [-0.1, -0.05) is 12.1 Å². The number of thiazole rings is 1. The summed E-state index contributed by atoms with van der Waals surface area (Å²) < 4.78 is 6.98. The minimum atomic E-state index is -0.442. The number of imide groups is 1. The molecule has 0 radical (unpaired) electrons. The molecule has 0 fully saturated rings. The largest absolute Gasteiger partial charge is 0.463 e. The molecule has 3 aromatic rings. The van der Waals surface area contributed by atoms with Crippen molar-refractivity contribution in [3.8, 4) is 0 Å². The summed E-state index contributed by atoms with van der Waals surface area (Å²) in [6.45, 7) is 0.00286. The van der Waals surface area contributed by atoms with Crippen molar-refractivity contribution in [3.05, 3.63) is 58.9 Å². The van der Waals surface area contributed by atoms with Crippen molar-refractivity contribution in [1.82, 2.24) is 14.3 Å². The van der Waals surface area contributed by atoms with E-state index in [0.29, 0.717) is 16.8 Å². The van der Waals surface area contributed by atoms with Gasteiger partial charge in [0.05, 0.1) is 29.8 Å². The Balaban J connectivity index is 1.32. The number of aromatic nitrogens is 2. The van der Waals surface area contributed by atoms with Crippen LogP contribution in [0.15, 0.2) is 42.0 Å². The van der Waals surface area contributed by atoms with Crippen molar-refractivity contribution in [2.75, 3.05) is 13.2 Å². The van der Waals surface area contributed by atoms with Crippen LogP contribution in [0.1, 0.15) is 26.4 Å². The fourth-order valence-corrected chi connectivity index (χ4v) is 3.47. The number of rotatable bonds is 5. The molecule has 8 heteroatoms. The standard InChI is InChI=1S/C17H13N3O4S/c21-14(9-11-10-19-6-8-25-17(19)18-11)24-7-5-20-15(22)12-3-1-2-4-13(12)16(20)23/h1-4,6,8,10H,5,7,9H2. The van der Waals surface area contributed by atoms with Gasteiger partial charge in [-0.25, -0.2) is 4.98 Å². The number of hydrogen-bond acceptors (Lipinski definition) is 6. The molecule has 0 unspecified atom stereocenters. The first-order chi connectivity index (χ1) is 12.1. The smallest absolute Gasteiger partial charge is 0.311 e. The maximum Gasteiger partial charge on any atom is 0.311 e. The van der Waals surface area contributed by atoms with Crippen molar-refractivity contribution >= 4 is 34.1 Å². The van der Waals surface area contributed by atoms with Crippen LogP contribution >= 0.6 is 11.3 Å². The average molecular weight is 355 g/mol. The van der Waals surface area contributed by atoms with E-state index in [-0.39, 0.29) is 31.4 Å². The van der Waals surface area contributed by atoms with E-state index < -0.39 is 5.97 Å². The number of amides is 2. The summed E-state index contributed by atoms with van der Waals surface area (Å²) in [6, 6.07) is 6.66. The Morgan fingerprint density at radius 1 is 1.16 bits per heavy atom. The van der Waals surface area contributed by atoms with E-state index in [2.05, 4.69) is 4.98 Å². The Hall–Kier alpha value is -3.00. The molecule has 2 amide bonds. The second-order valence-electron chi connectivity index (χ2n) is 5.53. The molecule has 4 rings (SSSR count). The number of hydrogen-bond donors (Lipinski definition) is 0. The molecule has 0 aliphatic carbocycles. The number of imidazole rings is 1. The normalized spacial score (nSPS) is 13.5. The summed E-state index contributed by atoms with van der Waals surface area (Å²) in [5.41, 5.74) is 1.39. The van der Waals surface area contributed by atoms with Gasteiger partial charge in [0, 0.05) is 17.8 Å². The molecule has 0 saturated heterocycles. The van der Waals surface area contributed by atoms with Crippen LogP contribution in [0.5, 0.6) is 0 Å². The third-order valence-corrected chi connectivity index (χ3v) is 4.70. The van der Waals surface area contributed by atoms with E-state index in [1.165, 1.54) is 11.3 Å². The molecule has 0 atom stereocenters. The number of carbonyl (C=O) groups excluding carboxylic acids is 3. The molecule has 0 spiro atoms. The van der Waals surface area contributed by atoms with Crippen LogP contribution in [0.25, 0.3) is 4.96 Å². The van der Waals surface area contributed by atoms with Gasteiger partial charge in [0.15, 0.2) is 4.96 Å². The summed E-state index contributed by atoms with van der Waals surface area (Å²) in [4.78, 5) is 42.5. The second kappa shape index (κ2) is 6.14. The van der Waals surface area contributed by atoms with Crippen LogP contribution in [-0.2, 0) is 16.0 Å². The molecule has 7 nitrogen and oxygen atoms in total. The van der Waals surface area contributed by atoms with Crippen LogP contribution in [0.2, 0.25) is 0 Å². The molecule has 0 bridgehead atoms. The fraction of sp³-hybridized carbons (Fsp3) is 0.176. The third kappa shape index (κ3) is 2.80. The average Bonchev–Trinajstić information content (AvgIpc) is 3.24. The van der Waals surface area contributed by atoms with Crippen LogP contribution in [0.3, 0.4) is 0 Å². The van der Waals surface area contributed by atoms with Gasteiger partial charge in [0.25, 0.3) is 11.8 Å². The lowest BCUT2D eigenvalue weighted by Crippen LogP contribution is -2.33. The quantitative estimate of drug-likeness (QED) is 0.515. The molecule has 3 heterocycles. The van der Waals surface area contributed by atoms with Gasteiger partial charge >= 0.3 is 5.97 Å². The highest BCUT2D eigenvalue weighted by Crippen LogP contribution is 2.21. The predicted molar refractivity (Wildman–Crippen MR) is 89.5 cm³/mol. The van der Waals surface area contributed by atoms with Gasteiger partial charge in [-0.05, 0) is 12.1 Å².